The maximum atomic E-state index is 12.1. The van der Waals surface area contributed by atoms with Crippen LogP contribution in [0, 0.1) is 0 Å². The third kappa shape index (κ3) is 7.98. The molecule has 8 nitrogen and oxygen atoms in total. The third-order valence-electron chi connectivity index (χ3n) is 4.66. The van der Waals surface area contributed by atoms with E-state index in [1.807, 2.05) is 30.3 Å². The zero-order chi connectivity index (χ0) is 21.8. The molecule has 1 heterocycles. The predicted octanol–water partition coefficient (Wildman–Crippen LogP) is 2.64. The Balaban J connectivity index is 1.73. The maximum absolute atomic E-state index is 12.1. The first-order chi connectivity index (χ1) is 14.5. The van der Waals surface area contributed by atoms with Gasteiger partial charge in [0.05, 0.1) is 5.71 Å². The van der Waals surface area contributed by atoms with Crippen LogP contribution in [0.2, 0.25) is 0 Å². The van der Waals surface area contributed by atoms with Gasteiger partial charge in [0.1, 0.15) is 0 Å². The van der Waals surface area contributed by atoms with Gasteiger partial charge < -0.3 is 5.11 Å². The maximum Gasteiger partial charge on any atom is 0.303 e. The Labute approximate surface area is 175 Å². The normalized spacial score (nSPS) is 13.7. The summed E-state index contributed by atoms with van der Waals surface area (Å²) in [5.74, 6) is -1.60. The average molecular weight is 413 g/mol. The van der Waals surface area contributed by atoms with Crippen molar-refractivity contribution in [2.24, 2.45) is 5.10 Å². The Morgan fingerprint density at radius 3 is 2.17 bits per heavy atom. The monoisotopic (exact) mass is 413 g/mol. The first-order valence-electron chi connectivity index (χ1n) is 10.1. The number of hydrogen-bond donors (Lipinski definition) is 2. The number of unbranched alkanes of at least 4 members (excludes halogenated alkanes) is 3. The molecule has 0 bridgehead atoms. The van der Waals surface area contributed by atoms with E-state index in [1.165, 1.54) is 17.1 Å². The minimum Gasteiger partial charge on any atom is -0.481 e. The molecule has 3 amide bonds. The fourth-order valence-corrected chi connectivity index (χ4v) is 3.03. The van der Waals surface area contributed by atoms with Crippen molar-refractivity contribution in [3.63, 3.8) is 0 Å². The van der Waals surface area contributed by atoms with Crippen molar-refractivity contribution in [2.75, 3.05) is 6.54 Å². The van der Waals surface area contributed by atoms with Gasteiger partial charge in [-0.2, -0.15) is 5.10 Å². The highest BCUT2D eigenvalue weighted by molar-refractivity contribution is 6.12. The first-order valence-corrected chi connectivity index (χ1v) is 10.1. The summed E-state index contributed by atoms with van der Waals surface area (Å²) >= 11 is 0. The number of nitrogens with zero attached hydrogens (tertiary/aromatic N) is 2. The van der Waals surface area contributed by atoms with E-state index < -0.39 is 5.97 Å². The number of amides is 3. The number of benzene rings is 1. The standard InChI is InChI=1S/C22H27N3O5/c26-19(12-5-2-8-16-25-20(27)14-15-21(25)28)24-23-18(11-6-7-13-22(29)30)17-9-3-1-4-10-17/h1,3-4,9-10,14-15H,2,5-8,11-13,16H2,(H,24,26)(H,29,30)/b23-18-. The molecule has 0 aromatic heterocycles. The fraction of sp³-hybridized carbons (Fsp3) is 0.409. The quantitative estimate of drug-likeness (QED) is 0.223. The first kappa shape index (κ1) is 23.0. The van der Waals surface area contributed by atoms with Crippen LogP contribution in [0.1, 0.15) is 56.9 Å². The van der Waals surface area contributed by atoms with Crippen LogP contribution in [0.4, 0.5) is 0 Å². The molecule has 0 aliphatic carbocycles. The summed E-state index contributed by atoms with van der Waals surface area (Å²) in [5.41, 5.74) is 4.19. The van der Waals surface area contributed by atoms with Crippen molar-refractivity contribution >= 4 is 29.4 Å². The molecule has 8 heteroatoms. The van der Waals surface area contributed by atoms with Crippen molar-refractivity contribution in [3.05, 3.63) is 48.0 Å². The number of hydrogen-bond acceptors (Lipinski definition) is 5. The van der Waals surface area contributed by atoms with E-state index in [2.05, 4.69) is 10.5 Å². The molecule has 30 heavy (non-hydrogen) atoms. The van der Waals surface area contributed by atoms with Crippen LogP contribution in [-0.2, 0) is 19.2 Å². The summed E-state index contributed by atoms with van der Waals surface area (Å²) < 4.78 is 0. The van der Waals surface area contributed by atoms with Crippen molar-refractivity contribution in [2.45, 2.75) is 51.4 Å². The summed E-state index contributed by atoms with van der Waals surface area (Å²) in [6.45, 7) is 0.360. The van der Waals surface area contributed by atoms with E-state index in [4.69, 9.17) is 5.11 Å². The molecule has 1 aliphatic heterocycles. The van der Waals surface area contributed by atoms with Gasteiger partial charge in [0.25, 0.3) is 11.8 Å². The number of carbonyl (C=O) groups excluding carboxylic acids is 3. The second kappa shape index (κ2) is 12.3. The van der Waals surface area contributed by atoms with Crippen molar-refractivity contribution in [1.82, 2.24) is 10.3 Å². The molecule has 0 unspecified atom stereocenters. The van der Waals surface area contributed by atoms with Gasteiger partial charge in [-0.3, -0.25) is 24.1 Å². The van der Waals surface area contributed by atoms with Gasteiger partial charge in [0, 0.05) is 31.5 Å². The summed E-state index contributed by atoms with van der Waals surface area (Å²) in [6, 6.07) is 9.46. The van der Waals surface area contributed by atoms with Gasteiger partial charge in [-0.1, -0.05) is 36.8 Å². The molecule has 1 aliphatic rings. The highest BCUT2D eigenvalue weighted by Crippen LogP contribution is 2.10. The predicted molar refractivity (Wildman–Crippen MR) is 112 cm³/mol. The topological polar surface area (TPSA) is 116 Å². The van der Waals surface area contributed by atoms with Gasteiger partial charge in [-0.15, -0.1) is 0 Å². The summed E-state index contributed by atoms with van der Waals surface area (Å²) in [7, 11) is 0. The van der Waals surface area contributed by atoms with Crippen LogP contribution >= 0.6 is 0 Å². The van der Waals surface area contributed by atoms with Crippen LogP contribution in [0.25, 0.3) is 0 Å². The van der Waals surface area contributed by atoms with Crippen LogP contribution in [0.5, 0.6) is 0 Å². The van der Waals surface area contributed by atoms with Crippen molar-refractivity contribution in [1.29, 1.82) is 0 Å². The Morgan fingerprint density at radius 1 is 0.867 bits per heavy atom. The smallest absolute Gasteiger partial charge is 0.303 e. The van der Waals surface area contributed by atoms with E-state index in [-0.39, 0.29) is 24.1 Å². The largest absolute Gasteiger partial charge is 0.481 e. The van der Waals surface area contributed by atoms with Crippen molar-refractivity contribution < 1.29 is 24.3 Å². The number of carbonyl (C=O) groups is 4. The minimum atomic E-state index is -0.823. The number of hydrazone groups is 1. The summed E-state index contributed by atoms with van der Waals surface area (Å²) in [6.07, 6.45) is 6.71. The van der Waals surface area contributed by atoms with Gasteiger partial charge in [-0.05, 0) is 37.7 Å². The molecule has 1 aromatic rings. The summed E-state index contributed by atoms with van der Waals surface area (Å²) in [5, 5.41) is 13.0. The molecule has 160 valence electrons. The molecule has 0 saturated heterocycles. The molecule has 0 fully saturated rings. The van der Waals surface area contributed by atoms with E-state index >= 15 is 0 Å². The molecular formula is C22H27N3O5. The number of carboxylic acid groups (broad SMARTS) is 1. The highest BCUT2D eigenvalue weighted by Gasteiger charge is 2.22. The average Bonchev–Trinajstić information content (AvgIpc) is 3.05. The van der Waals surface area contributed by atoms with Crippen LogP contribution < -0.4 is 5.43 Å². The van der Waals surface area contributed by atoms with Crippen LogP contribution in [0.15, 0.2) is 47.6 Å². The highest BCUT2D eigenvalue weighted by atomic mass is 16.4. The van der Waals surface area contributed by atoms with Crippen LogP contribution in [0.3, 0.4) is 0 Å². The Morgan fingerprint density at radius 2 is 1.50 bits per heavy atom. The number of rotatable bonds is 13. The molecule has 0 atom stereocenters. The number of carboxylic acids is 1. The second-order valence-electron chi connectivity index (χ2n) is 7.03. The van der Waals surface area contributed by atoms with Gasteiger partial charge in [0.2, 0.25) is 5.91 Å². The molecule has 2 rings (SSSR count). The second-order valence-corrected chi connectivity index (χ2v) is 7.03. The van der Waals surface area contributed by atoms with Gasteiger partial charge >= 0.3 is 5.97 Å². The van der Waals surface area contributed by atoms with E-state index in [1.54, 1.807) is 0 Å². The lowest BCUT2D eigenvalue weighted by molar-refractivity contribution is -0.138. The van der Waals surface area contributed by atoms with Crippen molar-refractivity contribution in [3.8, 4) is 0 Å². The molecule has 1 aromatic carbocycles. The van der Waals surface area contributed by atoms with E-state index in [0.29, 0.717) is 50.8 Å². The molecule has 0 radical (unpaired) electrons. The Kier molecular flexibility index (Phi) is 9.44. The fourth-order valence-electron chi connectivity index (χ4n) is 3.03. The van der Waals surface area contributed by atoms with Gasteiger partial charge in [-0.25, -0.2) is 5.43 Å². The van der Waals surface area contributed by atoms with E-state index in [9.17, 15) is 19.2 Å². The number of nitrogens with one attached hydrogen (secondary N) is 1. The molecule has 0 saturated carbocycles. The third-order valence-corrected chi connectivity index (χ3v) is 4.66. The summed E-state index contributed by atoms with van der Waals surface area (Å²) in [4.78, 5) is 46.9. The number of imide groups is 1. The zero-order valence-electron chi connectivity index (χ0n) is 16.9. The minimum absolute atomic E-state index is 0.110. The molecule has 2 N–H and O–H groups in total. The zero-order valence-corrected chi connectivity index (χ0v) is 16.9. The lowest BCUT2D eigenvalue weighted by atomic mass is 10.0. The lowest BCUT2D eigenvalue weighted by Gasteiger charge is -2.12. The lowest BCUT2D eigenvalue weighted by Crippen LogP contribution is -2.30. The number of aliphatic carboxylic acids is 1. The molecular weight excluding hydrogens is 386 g/mol. The van der Waals surface area contributed by atoms with E-state index in [0.717, 1.165) is 12.0 Å². The van der Waals surface area contributed by atoms with Gasteiger partial charge in [0.15, 0.2) is 0 Å². The Bertz CT molecular complexity index is 799. The Hall–Kier alpha value is -3.29. The SMILES string of the molecule is O=C(O)CCCC/C(=N/NC(=O)CCCCCN1C(=O)C=CC1=O)c1ccccc1. The van der Waals surface area contributed by atoms with Crippen LogP contribution in [-0.4, -0.2) is 46.0 Å². The molecule has 0 spiro atoms.